The fraction of sp³-hybridized carbons (Fsp3) is 0.900. The van der Waals surface area contributed by atoms with Gasteiger partial charge in [0, 0.05) is 37.2 Å². The minimum Gasteiger partial charge on any atom is -0.444 e. The van der Waals surface area contributed by atoms with Crippen LogP contribution in [0.15, 0.2) is 0 Å². The van der Waals surface area contributed by atoms with Gasteiger partial charge < -0.3 is 19.7 Å². The number of ether oxygens (including phenoxy) is 2. The molecule has 146 valence electrons. The first kappa shape index (κ1) is 19.4. The van der Waals surface area contributed by atoms with Crippen LogP contribution in [0.25, 0.3) is 0 Å². The van der Waals surface area contributed by atoms with E-state index in [-0.39, 0.29) is 23.5 Å². The lowest BCUT2D eigenvalue weighted by molar-refractivity contribution is -0.132. The molecule has 3 rings (SSSR count). The number of nitrogens with one attached hydrogen (secondary N) is 1. The summed E-state index contributed by atoms with van der Waals surface area (Å²) in [7, 11) is 0. The number of nitrogens with zero attached hydrogens (tertiary/aromatic N) is 2. The molecule has 1 saturated heterocycles. The normalized spacial score (nSPS) is 33.1. The molecule has 6 heteroatoms. The summed E-state index contributed by atoms with van der Waals surface area (Å²) in [6.45, 7) is 9.40. The van der Waals surface area contributed by atoms with Gasteiger partial charge in [-0.3, -0.25) is 0 Å². The lowest BCUT2D eigenvalue weighted by Crippen LogP contribution is -2.65. The van der Waals surface area contributed by atoms with Gasteiger partial charge in [-0.05, 0) is 47.0 Å². The lowest BCUT2D eigenvalue weighted by atomic mass is 9.60. The second-order valence-electron chi connectivity index (χ2n) is 9.07. The molecule has 6 nitrogen and oxygen atoms in total. The maximum Gasteiger partial charge on any atom is 0.410 e. The van der Waals surface area contributed by atoms with Crippen molar-refractivity contribution in [2.24, 2.45) is 11.3 Å². The van der Waals surface area contributed by atoms with Crippen molar-refractivity contribution < 1.29 is 14.3 Å². The number of amides is 1. The fourth-order valence-corrected chi connectivity index (χ4v) is 4.96. The third-order valence-corrected chi connectivity index (χ3v) is 6.24. The van der Waals surface area contributed by atoms with Crippen LogP contribution in [0.5, 0.6) is 0 Å². The number of carbonyl (C=O) groups is 1. The Morgan fingerprint density at radius 2 is 2.00 bits per heavy atom. The summed E-state index contributed by atoms with van der Waals surface area (Å²) in [4.78, 5) is 14.0. The highest BCUT2D eigenvalue weighted by atomic mass is 16.6. The van der Waals surface area contributed by atoms with E-state index in [1.54, 1.807) is 4.90 Å². The van der Waals surface area contributed by atoms with Crippen molar-refractivity contribution in [1.82, 2.24) is 10.2 Å². The van der Waals surface area contributed by atoms with Crippen LogP contribution in [0, 0.1) is 22.7 Å². The van der Waals surface area contributed by atoms with Crippen molar-refractivity contribution >= 4 is 6.09 Å². The Bertz CT molecular complexity index is 560. The number of hydrogen-bond acceptors (Lipinski definition) is 5. The largest absolute Gasteiger partial charge is 0.444 e. The zero-order chi connectivity index (χ0) is 18.9. The molecule has 0 bridgehead atoms. The van der Waals surface area contributed by atoms with E-state index in [2.05, 4.69) is 18.3 Å². The monoisotopic (exact) mass is 363 g/mol. The molecule has 3 fully saturated rings. The van der Waals surface area contributed by atoms with E-state index < -0.39 is 5.60 Å². The number of likely N-dealkylation sites (tertiary alicyclic amines) is 1. The predicted octanol–water partition coefficient (Wildman–Crippen LogP) is 3.07. The molecule has 0 aromatic carbocycles. The van der Waals surface area contributed by atoms with E-state index in [9.17, 15) is 10.1 Å². The minimum atomic E-state index is -0.517. The first-order valence-electron chi connectivity index (χ1n) is 10.0. The number of rotatable bonds is 4. The number of carbonyl (C=O) groups excluding carboxylic acids is 1. The van der Waals surface area contributed by atoms with Gasteiger partial charge in [0.1, 0.15) is 5.60 Å². The van der Waals surface area contributed by atoms with Gasteiger partial charge in [-0.15, -0.1) is 0 Å². The number of nitriles is 1. The second kappa shape index (κ2) is 7.36. The molecule has 2 aliphatic carbocycles. The SMILES string of the molecule is CCO[C@@H]1C[C@H](N[C@H]2CN(C(=O)OC(C)(C)C)C[C@H]2C#N)C12CCCC2. The molecule has 0 radical (unpaired) electrons. The van der Waals surface area contributed by atoms with E-state index in [1.165, 1.54) is 25.7 Å². The Balaban J connectivity index is 1.62. The van der Waals surface area contributed by atoms with Crippen LogP contribution in [0.1, 0.15) is 59.8 Å². The summed E-state index contributed by atoms with van der Waals surface area (Å²) in [5, 5.41) is 13.3. The second-order valence-corrected chi connectivity index (χ2v) is 9.07. The van der Waals surface area contributed by atoms with Gasteiger partial charge in [0.05, 0.1) is 18.1 Å². The third-order valence-electron chi connectivity index (χ3n) is 6.24. The van der Waals surface area contributed by atoms with Gasteiger partial charge in [-0.2, -0.15) is 5.26 Å². The molecule has 0 unspecified atom stereocenters. The smallest absolute Gasteiger partial charge is 0.410 e. The standard InChI is InChI=1S/C20H33N3O3/c1-5-25-17-10-16(20(17)8-6-7-9-20)22-15-13-23(12-14(15)11-21)18(24)26-19(2,3)4/h14-17,22H,5-10,12-13H2,1-4H3/t14-,15+,16+,17-/m1/s1. The highest BCUT2D eigenvalue weighted by Crippen LogP contribution is 2.55. The van der Waals surface area contributed by atoms with E-state index in [0.29, 0.717) is 25.2 Å². The van der Waals surface area contributed by atoms with Crippen molar-refractivity contribution in [1.29, 1.82) is 5.26 Å². The highest BCUT2D eigenvalue weighted by molar-refractivity contribution is 5.68. The molecule has 1 N–H and O–H groups in total. The maximum atomic E-state index is 12.4. The van der Waals surface area contributed by atoms with Gasteiger partial charge in [-0.1, -0.05) is 12.8 Å². The summed E-state index contributed by atoms with van der Waals surface area (Å²) in [5.74, 6) is -0.188. The van der Waals surface area contributed by atoms with Crippen LogP contribution in [0.3, 0.4) is 0 Å². The average molecular weight is 364 g/mol. The van der Waals surface area contributed by atoms with E-state index in [1.807, 2.05) is 20.8 Å². The Morgan fingerprint density at radius 3 is 2.58 bits per heavy atom. The minimum absolute atomic E-state index is 0.0116. The first-order valence-corrected chi connectivity index (χ1v) is 10.0. The van der Waals surface area contributed by atoms with Crippen LogP contribution >= 0.6 is 0 Å². The predicted molar refractivity (Wildman–Crippen MR) is 98.6 cm³/mol. The number of hydrogen-bond donors (Lipinski definition) is 1. The summed E-state index contributed by atoms with van der Waals surface area (Å²) >= 11 is 0. The van der Waals surface area contributed by atoms with E-state index in [0.717, 1.165) is 13.0 Å². The topological polar surface area (TPSA) is 74.6 Å². The molecule has 1 amide bonds. The molecule has 0 aromatic rings. The molecule has 3 aliphatic rings. The van der Waals surface area contributed by atoms with Gasteiger partial charge in [0.25, 0.3) is 0 Å². The van der Waals surface area contributed by atoms with Gasteiger partial charge >= 0.3 is 6.09 Å². The van der Waals surface area contributed by atoms with Gasteiger partial charge in [0.2, 0.25) is 0 Å². The molecule has 1 heterocycles. The average Bonchev–Trinajstić information content (AvgIpc) is 3.21. The highest BCUT2D eigenvalue weighted by Gasteiger charge is 2.57. The zero-order valence-electron chi connectivity index (χ0n) is 16.6. The van der Waals surface area contributed by atoms with Crippen LogP contribution in [-0.4, -0.2) is 54.5 Å². The summed E-state index contributed by atoms with van der Waals surface area (Å²) in [5.41, 5.74) is -0.285. The Morgan fingerprint density at radius 1 is 1.31 bits per heavy atom. The summed E-state index contributed by atoms with van der Waals surface area (Å²) in [6.07, 6.45) is 5.96. The maximum absolute atomic E-state index is 12.4. The molecule has 4 atom stereocenters. The van der Waals surface area contributed by atoms with Crippen molar-refractivity contribution in [2.45, 2.75) is 83.6 Å². The summed E-state index contributed by atoms with van der Waals surface area (Å²) < 4.78 is 11.5. The molecular formula is C20H33N3O3. The van der Waals surface area contributed by atoms with Crippen LogP contribution < -0.4 is 5.32 Å². The zero-order valence-corrected chi connectivity index (χ0v) is 16.6. The van der Waals surface area contributed by atoms with Gasteiger partial charge in [0.15, 0.2) is 0 Å². The fourth-order valence-electron chi connectivity index (χ4n) is 4.96. The summed E-state index contributed by atoms with van der Waals surface area (Å²) in [6, 6.07) is 2.79. The van der Waals surface area contributed by atoms with Gasteiger partial charge in [-0.25, -0.2) is 4.79 Å². The molecule has 2 saturated carbocycles. The van der Waals surface area contributed by atoms with Crippen molar-refractivity contribution in [3.63, 3.8) is 0 Å². The van der Waals surface area contributed by atoms with E-state index >= 15 is 0 Å². The third kappa shape index (κ3) is 3.70. The van der Waals surface area contributed by atoms with Crippen molar-refractivity contribution in [2.75, 3.05) is 19.7 Å². The van der Waals surface area contributed by atoms with Crippen molar-refractivity contribution in [3.05, 3.63) is 0 Å². The Hall–Kier alpha value is -1.32. The Kier molecular flexibility index (Phi) is 5.50. The van der Waals surface area contributed by atoms with E-state index in [4.69, 9.17) is 9.47 Å². The Labute approximate surface area is 157 Å². The molecule has 1 spiro atoms. The van der Waals surface area contributed by atoms with Crippen LogP contribution in [0.4, 0.5) is 4.79 Å². The quantitative estimate of drug-likeness (QED) is 0.831. The van der Waals surface area contributed by atoms with Crippen molar-refractivity contribution in [3.8, 4) is 6.07 Å². The van der Waals surface area contributed by atoms with Crippen LogP contribution in [-0.2, 0) is 9.47 Å². The lowest BCUT2D eigenvalue weighted by Gasteiger charge is -2.55. The molecular weight excluding hydrogens is 330 g/mol. The molecule has 0 aromatic heterocycles. The first-order chi connectivity index (χ1) is 12.3. The van der Waals surface area contributed by atoms with Crippen LogP contribution in [0.2, 0.25) is 0 Å². The molecule has 1 aliphatic heterocycles. The molecule has 26 heavy (non-hydrogen) atoms.